The Morgan fingerprint density at radius 2 is 1.58 bits per heavy atom. The van der Waals surface area contributed by atoms with Crippen LogP contribution in [0.3, 0.4) is 0 Å². The number of rotatable bonds is 14. The van der Waals surface area contributed by atoms with E-state index in [9.17, 15) is 5.11 Å². The van der Waals surface area contributed by atoms with E-state index in [1.54, 1.807) is 23.5 Å². The molecule has 0 saturated heterocycles. The summed E-state index contributed by atoms with van der Waals surface area (Å²) in [5.41, 5.74) is 5.34. The normalized spacial score (nSPS) is 13.8. The van der Waals surface area contributed by atoms with Crippen molar-refractivity contribution in [2.75, 3.05) is 43.6 Å². The molecule has 24 heavy (non-hydrogen) atoms. The number of aliphatic hydroxyl groups is 2. The molecular formula is C17H39NO4S2. The predicted molar refractivity (Wildman–Crippen MR) is 108 cm³/mol. The third-order valence-electron chi connectivity index (χ3n) is 2.57. The highest BCUT2D eigenvalue weighted by Gasteiger charge is 2.08. The molecule has 0 aromatic rings. The molecule has 2 atom stereocenters. The average Bonchev–Trinajstić information content (AvgIpc) is 2.54. The zero-order valence-corrected chi connectivity index (χ0v) is 17.7. The van der Waals surface area contributed by atoms with Gasteiger partial charge >= 0.3 is 0 Å². The molecule has 0 aliphatic carbocycles. The molecule has 0 bridgehead atoms. The van der Waals surface area contributed by atoms with E-state index < -0.39 is 0 Å². The molecule has 0 spiro atoms. The van der Waals surface area contributed by atoms with Crippen LogP contribution >= 0.6 is 23.5 Å². The van der Waals surface area contributed by atoms with Crippen molar-refractivity contribution < 1.29 is 19.7 Å². The van der Waals surface area contributed by atoms with Gasteiger partial charge in [0.25, 0.3) is 0 Å². The number of ether oxygens (including phenoxy) is 2. The molecular weight excluding hydrogens is 346 g/mol. The van der Waals surface area contributed by atoms with Crippen LogP contribution in [0.1, 0.15) is 41.0 Å². The standard InChI is InChI=1S/C9H20O2S.C8H19NO2S/c1-4-5-12-7-9(10)6-11-8(2)3;1-7(2)11-6-8(5-10)12-4-3-9/h8-10H,4-7H2,1-3H3;7-8,10H,3-6,9H2,1-2H3. The Morgan fingerprint density at radius 3 is 2.04 bits per heavy atom. The number of hydrogen-bond donors (Lipinski definition) is 3. The van der Waals surface area contributed by atoms with E-state index in [1.165, 1.54) is 6.42 Å². The molecule has 5 nitrogen and oxygen atoms in total. The quantitative estimate of drug-likeness (QED) is 0.396. The summed E-state index contributed by atoms with van der Waals surface area (Å²) in [4.78, 5) is 0. The van der Waals surface area contributed by atoms with Crippen molar-refractivity contribution in [2.45, 2.75) is 64.6 Å². The first-order chi connectivity index (χ1) is 11.4. The molecule has 2 unspecified atom stereocenters. The topological polar surface area (TPSA) is 84.9 Å². The van der Waals surface area contributed by atoms with Crippen LogP contribution in [0.5, 0.6) is 0 Å². The van der Waals surface area contributed by atoms with Gasteiger partial charge in [-0.3, -0.25) is 0 Å². The molecule has 0 aromatic heterocycles. The second-order valence-corrected chi connectivity index (χ2v) is 8.52. The summed E-state index contributed by atoms with van der Waals surface area (Å²) in [5, 5.41) is 18.5. The molecule has 0 aliphatic rings. The fourth-order valence-electron chi connectivity index (χ4n) is 1.40. The third kappa shape index (κ3) is 22.5. The highest BCUT2D eigenvalue weighted by Crippen LogP contribution is 2.10. The van der Waals surface area contributed by atoms with E-state index in [2.05, 4.69) is 6.92 Å². The van der Waals surface area contributed by atoms with Gasteiger partial charge in [0.1, 0.15) is 0 Å². The summed E-state index contributed by atoms with van der Waals surface area (Å²) in [5.74, 6) is 2.80. The van der Waals surface area contributed by atoms with E-state index >= 15 is 0 Å². The van der Waals surface area contributed by atoms with Gasteiger partial charge in [0, 0.05) is 18.1 Å². The Morgan fingerprint density at radius 1 is 1.00 bits per heavy atom. The van der Waals surface area contributed by atoms with Gasteiger partial charge in [-0.25, -0.2) is 0 Å². The van der Waals surface area contributed by atoms with Gasteiger partial charge in [-0.15, -0.1) is 0 Å². The predicted octanol–water partition coefficient (Wildman–Crippen LogP) is 2.38. The Bertz CT molecular complexity index is 247. The van der Waals surface area contributed by atoms with Crippen molar-refractivity contribution in [1.29, 1.82) is 0 Å². The lowest BCUT2D eigenvalue weighted by Gasteiger charge is -2.15. The van der Waals surface area contributed by atoms with Crippen LogP contribution < -0.4 is 5.73 Å². The molecule has 4 N–H and O–H groups in total. The van der Waals surface area contributed by atoms with Crippen molar-refractivity contribution >= 4 is 23.5 Å². The number of thioether (sulfide) groups is 2. The van der Waals surface area contributed by atoms with Crippen LogP contribution in [0.25, 0.3) is 0 Å². The Labute approximate surface area is 157 Å². The number of nitrogens with two attached hydrogens (primary N) is 1. The molecule has 0 radical (unpaired) electrons. The minimum absolute atomic E-state index is 0.164. The Kier molecular flexibility index (Phi) is 22.1. The monoisotopic (exact) mass is 385 g/mol. The lowest BCUT2D eigenvalue weighted by atomic mass is 10.4. The molecule has 148 valence electrons. The minimum Gasteiger partial charge on any atom is -0.395 e. The Balaban J connectivity index is 0. The van der Waals surface area contributed by atoms with Crippen LogP contribution in [0, 0.1) is 0 Å². The second-order valence-electron chi connectivity index (χ2n) is 5.96. The van der Waals surface area contributed by atoms with Gasteiger partial charge in [-0.2, -0.15) is 23.5 Å². The van der Waals surface area contributed by atoms with Crippen LogP contribution in [0.4, 0.5) is 0 Å². The zero-order chi connectivity index (χ0) is 18.8. The summed E-state index contributed by atoms with van der Waals surface area (Å²) in [6.07, 6.45) is 1.32. The fourth-order valence-corrected chi connectivity index (χ4v) is 2.98. The van der Waals surface area contributed by atoms with Crippen LogP contribution in [-0.2, 0) is 9.47 Å². The Hall–Kier alpha value is 0.500. The maximum atomic E-state index is 9.38. The minimum atomic E-state index is -0.302. The fraction of sp³-hybridized carbons (Fsp3) is 1.00. The maximum absolute atomic E-state index is 9.38. The lowest BCUT2D eigenvalue weighted by Crippen LogP contribution is -2.21. The first kappa shape index (κ1) is 26.7. The molecule has 0 fully saturated rings. The van der Waals surface area contributed by atoms with Gasteiger partial charge in [0.05, 0.1) is 43.4 Å². The number of aliphatic hydroxyl groups excluding tert-OH is 2. The molecule has 0 rings (SSSR count). The lowest BCUT2D eigenvalue weighted by molar-refractivity contribution is 0.0152. The van der Waals surface area contributed by atoms with E-state index in [1.807, 2.05) is 27.7 Å². The summed E-state index contributed by atoms with van der Waals surface area (Å²) in [6.45, 7) is 12.0. The average molecular weight is 386 g/mol. The SMILES string of the molecule is CC(C)OCC(CO)SCCN.CCCSCC(O)COC(C)C. The first-order valence-corrected chi connectivity index (χ1v) is 11.0. The van der Waals surface area contributed by atoms with Crippen LogP contribution in [0.15, 0.2) is 0 Å². The summed E-state index contributed by atoms with van der Waals surface area (Å²) in [7, 11) is 0. The highest BCUT2D eigenvalue weighted by molar-refractivity contribution is 8.00. The van der Waals surface area contributed by atoms with Gasteiger partial charge < -0.3 is 25.4 Å². The first-order valence-electron chi connectivity index (χ1n) is 8.78. The molecule has 0 amide bonds. The van der Waals surface area contributed by atoms with Gasteiger partial charge in [-0.05, 0) is 39.9 Å². The van der Waals surface area contributed by atoms with Crippen LogP contribution in [0.2, 0.25) is 0 Å². The van der Waals surface area contributed by atoms with E-state index in [0.29, 0.717) is 19.8 Å². The van der Waals surface area contributed by atoms with Gasteiger partial charge in [0.2, 0.25) is 0 Å². The zero-order valence-electron chi connectivity index (χ0n) is 16.1. The van der Waals surface area contributed by atoms with E-state index in [4.69, 9.17) is 20.3 Å². The molecule has 7 heteroatoms. The largest absolute Gasteiger partial charge is 0.395 e. The highest BCUT2D eigenvalue weighted by atomic mass is 32.2. The number of hydrogen-bond acceptors (Lipinski definition) is 7. The van der Waals surface area contributed by atoms with E-state index in [0.717, 1.165) is 17.3 Å². The van der Waals surface area contributed by atoms with Gasteiger partial charge in [0.15, 0.2) is 0 Å². The van der Waals surface area contributed by atoms with Crippen molar-refractivity contribution in [2.24, 2.45) is 5.73 Å². The third-order valence-corrected chi connectivity index (χ3v) is 5.12. The second kappa shape index (κ2) is 19.8. The van der Waals surface area contributed by atoms with Crippen molar-refractivity contribution in [3.05, 3.63) is 0 Å². The molecule has 0 saturated carbocycles. The van der Waals surface area contributed by atoms with Crippen molar-refractivity contribution in [3.63, 3.8) is 0 Å². The van der Waals surface area contributed by atoms with Gasteiger partial charge in [-0.1, -0.05) is 6.92 Å². The maximum Gasteiger partial charge on any atom is 0.0863 e. The van der Waals surface area contributed by atoms with E-state index in [-0.39, 0.29) is 30.2 Å². The summed E-state index contributed by atoms with van der Waals surface area (Å²) in [6, 6.07) is 0. The molecule has 0 aliphatic heterocycles. The summed E-state index contributed by atoms with van der Waals surface area (Å²) < 4.78 is 10.6. The molecule has 0 aromatic carbocycles. The molecule has 0 heterocycles. The van der Waals surface area contributed by atoms with Crippen LogP contribution in [-0.4, -0.2) is 77.4 Å². The van der Waals surface area contributed by atoms with Crippen molar-refractivity contribution in [3.8, 4) is 0 Å². The van der Waals surface area contributed by atoms with Crippen molar-refractivity contribution in [1.82, 2.24) is 0 Å². The smallest absolute Gasteiger partial charge is 0.0863 e. The summed E-state index contributed by atoms with van der Waals surface area (Å²) >= 11 is 3.45.